The third-order valence-electron chi connectivity index (χ3n) is 3.10. The van der Waals surface area contributed by atoms with Crippen molar-refractivity contribution in [2.45, 2.75) is 26.1 Å². The molecular formula is C10H10F4O. The highest BCUT2D eigenvalue weighted by molar-refractivity contribution is 5.40. The van der Waals surface area contributed by atoms with E-state index in [9.17, 15) is 17.6 Å². The minimum absolute atomic E-state index is 0.129. The van der Waals surface area contributed by atoms with Gasteiger partial charge in [-0.05, 0) is 13.8 Å². The third kappa shape index (κ3) is 1.25. The molecule has 0 spiro atoms. The molecule has 1 saturated heterocycles. The topological polar surface area (TPSA) is 12.5 Å². The van der Waals surface area contributed by atoms with E-state index >= 15 is 0 Å². The lowest BCUT2D eigenvalue weighted by atomic mass is 9.75. The summed E-state index contributed by atoms with van der Waals surface area (Å²) in [4.78, 5) is 0. The van der Waals surface area contributed by atoms with Crippen molar-refractivity contribution in [3.8, 4) is 0 Å². The molecule has 2 aliphatic rings. The molecule has 1 nitrogen and oxygen atoms in total. The van der Waals surface area contributed by atoms with E-state index in [1.807, 2.05) is 0 Å². The fourth-order valence-electron chi connectivity index (χ4n) is 1.77. The largest absolute Gasteiger partial charge is 0.372 e. The molecule has 15 heavy (non-hydrogen) atoms. The van der Waals surface area contributed by atoms with Gasteiger partial charge in [-0.3, -0.25) is 0 Å². The van der Waals surface area contributed by atoms with E-state index in [4.69, 9.17) is 4.74 Å². The summed E-state index contributed by atoms with van der Waals surface area (Å²) >= 11 is 0. The van der Waals surface area contributed by atoms with Gasteiger partial charge in [0, 0.05) is 5.57 Å². The summed E-state index contributed by atoms with van der Waals surface area (Å²) < 4.78 is 58.5. The number of epoxide rings is 1. The Hall–Kier alpha value is -0.840. The van der Waals surface area contributed by atoms with E-state index in [0.29, 0.717) is 0 Å². The summed E-state index contributed by atoms with van der Waals surface area (Å²) in [5, 5.41) is 0. The number of ether oxygens (including phenoxy) is 1. The highest BCUT2D eigenvalue weighted by Gasteiger charge is 2.57. The first-order valence-corrected chi connectivity index (χ1v) is 4.58. The maximum absolute atomic E-state index is 13.6. The van der Waals surface area contributed by atoms with Crippen molar-refractivity contribution in [1.29, 1.82) is 0 Å². The highest BCUT2D eigenvalue weighted by atomic mass is 19.2. The Kier molecular flexibility index (Phi) is 2.19. The minimum atomic E-state index is -2.18. The van der Waals surface area contributed by atoms with E-state index in [1.54, 1.807) is 0 Å². The summed E-state index contributed by atoms with van der Waals surface area (Å²) in [6.07, 6.45) is -2.96. The van der Waals surface area contributed by atoms with Gasteiger partial charge in [0.1, 0.15) is 11.7 Å². The average molecular weight is 222 g/mol. The van der Waals surface area contributed by atoms with E-state index in [2.05, 4.69) is 0 Å². The molecule has 0 radical (unpaired) electrons. The zero-order valence-electron chi connectivity index (χ0n) is 8.28. The third-order valence-corrected chi connectivity index (χ3v) is 3.10. The average Bonchev–Trinajstić information content (AvgIpc) is 3.04. The number of halogens is 4. The highest BCUT2D eigenvalue weighted by Crippen LogP contribution is 2.52. The molecule has 0 saturated carbocycles. The van der Waals surface area contributed by atoms with Crippen LogP contribution < -0.4 is 0 Å². The number of allylic oxidation sites excluding steroid dienone is 3. The molecule has 0 amide bonds. The van der Waals surface area contributed by atoms with Crippen LogP contribution >= 0.6 is 0 Å². The molecule has 0 bridgehead atoms. The van der Waals surface area contributed by atoms with Crippen molar-refractivity contribution >= 4 is 0 Å². The van der Waals surface area contributed by atoms with Gasteiger partial charge < -0.3 is 4.74 Å². The molecule has 3 unspecified atom stereocenters. The second kappa shape index (κ2) is 3.07. The van der Waals surface area contributed by atoms with Crippen LogP contribution in [0.2, 0.25) is 0 Å². The molecule has 84 valence electrons. The summed E-state index contributed by atoms with van der Waals surface area (Å²) in [5.41, 5.74) is -2.45. The summed E-state index contributed by atoms with van der Waals surface area (Å²) in [7, 11) is 0. The second-order valence-corrected chi connectivity index (χ2v) is 4.07. The molecule has 1 fully saturated rings. The van der Waals surface area contributed by atoms with Crippen LogP contribution in [-0.2, 0) is 4.74 Å². The Morgan fingerprint density at radius 3 is 2.33 bits per heavy atom. The fourth-order valence-corrected chi connectivity index (χ4v) is 1.77. The van der Waals surface area contributed by atoms with Gasteiger partial charge in [-0.2, -0.15) is 0 Å². The monoisotopic (exact) mass is 222 g/mol. The lowest BCUT2D eigenvalue weighted by Crippen LogP contribution is -2.39. The van der Waals surface area contributed by atoms with Gasteiger partial charge >= 0.3 is 0 Å². The van der Waals surface area contributed by atoms with Crippen LogP contribution in [0.4, 0.5) is 17.6 Å². The van der Waals surface area contributed by atoms with Crippen LogP contribution in [0.25, 0.3) is 0 Å². The molecule has 0 aromatic carbocycles. The van der Waals surface area contributed by atoms with Gasteiger partial charge in [0.25, 0.3) is 0 Å². The van der Waals surface area contributed by atoms with Gasteiger partial charge in [-0.1, -0.05) is 0 Å². The van der Waals surface area contributed by atoms with Crippen molar-refractivity contribution in [2.24, 2.45) is 5.41 Å². The van der Waals surface area contributed by atoms with Crippen molar-refractivity contribution in [3.05, 3.63) is 23.1 Å². The number of alkyl halides is 1. The molecule has 5 heteroatoms. The van der Waals surface area contributed by atoms with Gasteiger partial charge in [0.15, 0.2) is 12.0 Å². The van der Waals surface area contributed by atoms with Crippen LogP contribution in [0, 0.1) is 5.41 Å². The summed E-state index contributed by atoms with van der Waals surface area (Å²) in [5.74, 6) is -3.80. The zero-order chi connectivity index (χ0) is 11.4. The first kappa shape index (κ1) is 10.7. The smallest absolute Gasteiger partial charge is 0.166 e. The van der Waals surface area contributed by atoms with Gasteiger partial charge in [-0.25, -0.2) is 17.6 Å². The molecule has 1 heterocycles. The molecule has 0 N–H and O–H groups in total. The minimum Gasteiger partial charge on any atom is -0.372 e. The SMILES string of the molecule is CC1=C(F)C(F)C(C)(C2CO2)C(F)=C1F. The maximum Gasteiger partial charge on any atom is 0.166 e. The Balaban J connectivity index is 2.52. The predicted molar refractivity (Wildman–Crippen MR) is 45.8 cm³/mol. The summed E-state index contributed by atoms with van der Waals surface area (Å²) in [6.45, 7) is 2.28. The molecule has 1 aliphatic carbocycles. The van der Waals surface area contributed by atoms with Crippen LogP contribution in [-0.4, -0.2) is 18.9 Å². The summed E-state index contributed by atoms with van der Waals surface area (Å²) in [6, 6.07) is 0. The van der Waals surface area contributed by atoms with Crippen molar-refractivity contribution < 1.29 is 22.3 Å². The quantitative estimate of drug-likeness (QED) is 0.490. The van der Waals surface area contributed by atoms with E-state index in [-0.39, 0.29) is 6.61 Å². The maximum atomic E-state index is 13.6. The molecular weight excluding hydrogens is 212 g/mol. The van der Waals surface area contributed by atoms with E-state index in [1.165, 1.54) is 0 Å². The number of hydrogen-bond acceptors (Lipinski definition) is 1. The van der Waals surface area contributed by atoms with Crippen molar-refractivity contribution in [1.82, 2.24) is 0 Å². The molecule has 0 aromatic heterocycles. The fraction of sp³-hybridized carbons (Fsp3) is 0.600. The first-order valence-electron chi connectivity index (χ1n) is 4.58. The number of hydrogen-bond donors (Lipinski definition) is 0. The predicted octanol–water partition coefficient (Wildman–Crippen LogP) is 3.14. The van der Waals surface area contributed by atoms with Gasteiger partial charge in [-0.15, -0.1) is 0 Å². The standard InChI is InChI=1S/C10H10F4O/c1-4-6(11)8(13)10(2,5-3-15-5)9(14)7(4)12/h5,8H,3H2,1-2H3. The van der Waals surface area contributed by atoms with Crippen LogP contribution in [0.3, 0.4) is 0 Å². The lowest BCUT2D eigenvalue weighted by Gasteiger charge is -2.33. The Bertz CT molecular complexity index is 370. The van der Waals surface area contributed by atoms with Crippen LogP contribution in [0.15, 0.2) is 23.1 Å². The van der Waals surface area contributed by atoms with Gasteiger partial charge in [0.2, 0.25) is 0 Å². The first-order chi connectivity index (χ1) is 6.90. The van der Waals surface area contributed by atoms with Crippen LogP contribution in [0.5, 0.6) is 0 Å². The Morgan fingerprint density at radius 2 is 1.87 bits per heavy atom. The molecule has 1 aliphatic heterocycles. The van der Waals surface area contributed by atoms with Crippen LogP contribution in [0.1, 0.15) is 13.8 Å². The zero-order valence-corrected chi connectivity index (χ0v) is 8.28. The Morgan fingerprint density at radius 1 is 1.33 bits per heavy atom. The van der Waals surface area contributed by atoms with Crippen molar-refractivity contribution in [3.63, 3.8) is 0 Å². The molecule has 3 atom stereocenters. The van der Waals surface area contributed by atoms with Gasteiger partial charge in [0.05, 0.1) is 18.1 Å². The van der Waals surface area contributed by atoms with E-state index < -0.39 is 40.7 Å². The lowest BCUT2D eigenvalue weighted by molar-refractivity contribution is 0.0941. The van der Waals surface area contributed by atoms with Crippen molar-refractivity contribution in [2.75, 3.05) is 6.61 Å². The molecule has 0 aromatic rings. The van der Waals surface area contributed by atoms with E-state index in [0.717, 1.165) is 13.8 Å². The normalized spacial score (nSPS) is 41.2. The Labute approximate surface area is 84.4 Å². The molecule has 2 rings (SSSR count). The number of rotatable bonds is 1. The second-order valence-electron chi connectivity index (χ2n) is 4.07.